The lowest BCUT2D eigenvalue weighted by Gasteiger charge is -2.25. The second kappa shape index (κ2) is 4.30. The van der Waals surface area contributed by atoms with E-state index in [1.54, 1.807) is 0 Å². The van der Waals surface area contributed by atoms with Crippen LogP contribution in [0.1, 0.15) is 30.0 Å². The zero-order valence-corrected chi connectivity index (χ0v) is 8.29. The fourth-order valence-electron chi connectivity index (χ4n) is 2.15. The Bertz CT molecular complexity index is 348. The van der Waals surface area contributed by atoms with Crippen LogP contribution in [0.25, 0.3) is 0 Å². The highest BCUT2D eigenvalue weighted by Crippen LogP contribution is 2.28. The van der Waals surface area contributed by atoms with Crippen LogP contribution in [0.15, 0.2) is 24.3 Å². The van der Waals surface area contributed by atoms with E-state index in [1.807, 2.05) is 0 Å². The van der Waals surface area contributed by atoms with Crippen LogP contribution in [0.2, 0.25) is 0 Å². The standard InChI is InChI=1S/C13H15N/c1-2-10-14-13-9-5-7-11-6-3-4-8-12(11)13/h1,3-4,6,8,13-14H,5,7,9-10H2. The molecule has 1 N–H and O–H groups in total. The molecule has 1 aromatic carbocycles. The number of rotatable bonds is 2. The molecule has 0 spiro atoms. The Kier molecular flexibility index (Phi) is 2.86. The van der Waals surface area contributed by atoms with Gasteiger partial charge in [0.1, 0.15) is 0 Å². The molecule has 1 heteroatoms. The summed E-state index contributed by atoms with van der Waals surface area (Å²) >= 11 is 0. The van der Waals surface area contributed by atoms with E-state index in [2.05, 4.69) is 35.5 Å². The smallest absolute Gasteiger partial charge is 0.0578 e. The number of terminal acetylenes is 1. The largest absolute Gasteiger partial charge is 0.299 e. The molecule has 0 amide bonds. The summed E-state index contributed by atoms with van der Waals surface area (Å²) < 4.78 is 0. The first-order valence-corrected chi connectivity index (χ1v) is 5.16. The van der Waals surface area contributed by atoms with Crippen LogP contribution in [0.5, 0.6) is 0 Å². The number of benzene rings is 1. The summed E-state index contributed by atoms with van der Waals surface area (Å²) in [5.41, 5.74) is 2.92. The van der Waals surface area contributed by atoms with Gasteiger partial charge < -0.3 is 0 Å². The van der Waals surface area contributed by atoms with Crippen LogP contribution in [0.3, 0.4) is 0 Å². The number of nitrogens with one attached hydrogen (secondary N) is 1. The number of fused-ring (bicyclic) bond motifs is 1. The molecule has 0 bridgehead atoms. The van der Waals surface area contributed by atoms with E-state index in [9.17, 15) is 0 Å². The number of hydrogen-bond acceptors (Lipinski definition) is 1. The summed E-state index contributed by atoms with van der Waals surface area (Å²) in [5.74, 6) is 2.63. The molecule has 14 heavy (non-hydrogen) atoms. The molecule has 1 unspecified atom stereocenters. The molecule has 1 aliphatic carbocycles. The van der Waals surface area contributed by atoms with E-state index >= 15 is 0 Å². The molecule has 0 saturated heterocycles. The molecule has 1 nitrogen and oxygen atoms in total. The lowest BCUT2D eigenvalue weighted by atomic mass is 9.88. The summed E-state index contributed by atoms with van der Waals surface area (Å²) in [6.07, 6.45) is 8.94. The Morgan fingerprint density at radius 3 is 3.14 bits per heavy atom. The first-order chi connectivity index (χ1) is 6.92. The van der Waals surface area contributed by atoms with Gasteiger partial charge in [0.05, 0.1) is 6.54 Å². The maximum absolute atomic E-state index is 5.25. The van der Waals surface area contributed by atoms with Gasteiger partial charge in [-0.2, -0.15) is 0 Å². The fourth-order valence-corrected chi connectivity index (χ4v) is 2.15. The minimum Gasteiger partial charge on any atom is -0.299 e. The summed E-state index contributed by atoms with van der Waals surface area (Å²) in [4.78, 5) is 0. The summed E-state index contributed by atoms with van der Waals surface area (Å²) in [6.45, 7) is 0.666. The minimum absolute atomic E-state index is 0.469. The van der Waals surface area contributed by atoms with Gasteiger partial charge in [-0.25, -0.2) is 0 Å². The first kappa shape index (κ1) is 9.30. The molecule has 0 fully saturated rings. The highest BCUT2D eigenvalue weighted by molar-refractivity contribution is 5.32. The van der Waals surface area contributed by atoms with Crippen molar-refractivity contribution in [1.29, 1.82) is 0 Å². The van der Waals surface area contributed by atoms with Crippen molar-refractivity contribution >= 4 is 0 Å². The van der Waals surface area contributed by atoms with Crippen molar-refractivity contribution in [2.24, 2.45) is 0 Å². The zero-order chi connectivity index (χ0) is 9.80. The Morgan fingerprint density at radius 1 is 1.43 bits per heavy atom. The third kappa shape index (κ3) is 1.81. The average Bonchev–Trinajstić information content (AvgIpc) is 2.26. The van der Waals surface area contributed by atoms with Gasteiger partial charge >= 0.3 is 0 Å². The van der Waals surface area contributed by atoms with Crippen molar-refractivity contribution in [2.45, 2.75) is 25.3 Å². The first-order valence-electron chi connectivity index (χ1n) is 5.16. The Hall–Kier alpha value is -1.26. The van der Waals surface area contributed by atoms with Crippen LogP contribution in [0, 0.1) is 12.3 Å². The van der Waals surface area contributed by atoms with Crippen molar-refractivity contribution in [3.05, 3.63) is 35.4 Å². The van der Waals surface area contributed by atoms with Crippen LogP contribution in [-0.2, 0) is 6.42 Å². The maximum atomic E-state index is 5.25. The molecule has 2 rings (SSSR count). The monoisotopic (exact) mass is 185 g/mol. The van der Waals surface area contributed by atoms with Crippen molar-refractivity contribution in [3.63, 3.8) is 0 Å². The summed E-state index contributed by atoms with van der Waals surface area (Å²) in [5, 5.41) is 3.39. The third-order valence-electron chi connectivity index (χ3n) is 2.82. The van der Waals surface area contributed by atoms with E-state index in [0.29, 0.717) is 12.6 Å². The van der Waals surface area contributed by atoms with Gasteiger partial charge in [-0.3, -0.25) is 5.32 Å². The molecule has 1 atom stereocenters. The second-order valence-electron chi connectivity index (χ2n) is 3.73. The predicted molar refractivity (Wildman–Crippen MR) is 59.0 cm³/mol. The lowest BCUT2D eigenvalue weighted by molar-refractivity contribution is 0.483. The summed E-state index contributed by atoms with van der Waals surface area (Å²) in [7, 11) is 0. The van der Waals surface area contributed by atoms with Gasteiger partial charge in [0.15, 0.2) is 0 Å². The number of aryl methyl sites for hydroxylation is 1. The molecular formula is C13H15N. The van der Waals surface area contributed by atoms with Crippen LogP contribution in [0.4, 0.5) is 0 Å². The zero-order valence-electron chi connectivity index (χ0n) is 8.29. The summed E-state index contributed by atoms with van der Waals surface area (Å²) in [6, 6.07) is 9.12. The van der Waals surface area contributed by atoms with E-state index in [4.69, 9.17) is 6.42 Å². The highest BCUT2D eigenvalue weighted by Gasteiger charge is 2.18. The van der Waals surface area contributed by atoms with Gasteiger partial charge in [-0.15, -0.1) is 6.42 Å². The van der Waals surface area contributed by atoms with E-state index in [0.717, 1.165) is 0 Å². The lowest BCUT2D eigenvalue weighted by Crippen LogP contribution is -2.25. The molecule has 0 aliphatic heterocycles. The molecule has 1 aromatic rings. The van der Waals surface area contributed by atoms with Crippen molar-refractivity contribution in [3.8, 4) is 12.3 Å². The SMILES string of the molecule is C#CCNC1CCCc2ccccc21. The maximum Gasteiger partial charge on any atom is 0.0578 e. The van der Waals surface area contributed by atoms with E-state index in [-0.39, 0.29) is 0 Å². The van der Waals surface area contributed by atoms with Gasteiger partial charge in [0.2, 0.25) is 0 Å². The van der Waals surface area contributed by atoms with Gasteiger partial charge in [-0.1, -0.05) is 30.2 Å². The topological polar surface area (TPSA) is 12.0 Å². The van der Waals surface area contributed by atoms with Crippen LogP contribution in [-0.4, -0.2) is 6.54 Å². The Labute approximate surface area is 85.5 Å². The molecule has 0 saturated carbocycles. The average molecular weight is 185 g/mol. The second-order valence-corrected chi connectivity index (χ2v) is 3.73. The number of hydrogen-bond donors (Lipinski definition) is 1. The fraction of sp³-hybridized carbons (Fsp3) is 0.385. The highest BCUT2D eigenvalue weighted by atomic mass is 14.9. The van der Waals surface area contributed by atoms with Gasteiger partial charge in [0.25, 0.3) is 0 Å². The molecule has 0 heterocycles. The van der Waals surface area contributed by atoms with E-state index < -0.39 is 0 Å². The van der Waals surface area contributed by atoms with Gasteiger partial charge in [-0.05, 0) is 30.4 Å². The van der Waals surface area contributed by atoms with Crippen molar-refractivity contribution < 1.29 is 0 Å². The Balaban J connectivity index is 2.18. The Morgan fingerprint density at radius 2 is 2.29 bits per heavy atom. The van der Waals surface area contributed by atoms with Crippen LogP contribution < -0.4 is 5.32 Å². The molecule has 72 valence electrons. The van der Waals surface area contributed by atoms with E-state index in [1.165, 1.54) is 30.4 Å². The minimum atomic E-state index is 0.469. The molecule has 0 aromatic heterocycles. The molecule has 1 aliphatic rings. The van der Waals surface area contributed by atoms with Crippen LogP contribution >= 0.6 is 0 Å². The molecular weight excluding hydrogens is 170 g/mol. The van der Waals surface area contributed by atoms with Gasteiger partial charge in [0, 0.05) is 6.04 Å². The predicted octanol–water partition coefficient (Wildman–Crippen LogP) is 2.29. The van der Waals surface area contributed by atoms with Crippen molar-refractivity contribution in [2.75, 3.05) is 6.54 Å². The van der Waals surface area contributed by atoms with Crippen molar-refractivity contribution in [1.82, 2.24) is 5.32 Å². The third-order valence-corrected chi connectivity index (χ3v) is 2.82. The molecule has 0 radical (unpaired) electrons. The quantitative estimate of drug-likeness (QED) is 0.697. The normalized spacial score (nSPS) is 19.8.